The summed E-state index contributed by atoms with van der Waals surface area (Å²) in [7, 11) is 0. The van der Waals surface area contributed by atoms with Crippen LogP contribution < -0.4 is 5.73 Å². The molecule has 100 valence electrons. The molecular weight excluding hydrogens is 253 g/mol. The van der Waals surface area contributed by atoms with E-state index in [9.17, 15) is 4.39 Å². The average Bonchev–Trinajstić information content (AvgIpc) is 2.72. The van der Waals surface area contributed by atoms with Gasteiger partial charge >= 0.3 is 0 Å². The van der Waals surface area contributed by atoms with Gasteiger partial charge in [-0.25, -0.2) is 4.39 Å². The summed E-state index contributed by atoms with van der Waals surface area (Å²) < 4.78 is 15.4. The van der Waals surface area contributed by atoms with E-state index in [1.54, 1.807) is 6.07 Å². The first kappa shape index (κ1) is 12.4. The van der Waals surface area contributed by atoms with E-state index in [4.69, 9.17) is 11.1 Å². The van der Waals surface area contributed by atoms with Gasteiger partial charge in [-0.3, -0.25) is 0 Å². The summed E-state index contributed by atoms with van der Waals surface area (Å²) in [5.41, 5.74) is 9.80. The second-order valence-corrected chi connectivity index (χ2v) is 4.79. The van der Waals surface area contributed by atoms with Crippen molar-refractivity contribution >= 4 is 22.8 Å². The molecule has 0 aliphatic carbocycles. The first-order valence-corrected chi connectivity index (χ1v) is 6.28. The van der Waals surface area contributed by atoms with E-state index in [2.05, 4.69) is 0 Å². The molecule has 1 heterocycles. The lowest BCUT2D eigenvalue weighted by Gasteiger charge is -2.09. The highest BCUT2D eigenvalue weighted by Crippen LogP contribution is 2.27. The van der Waals surface area contributed by atoms with Crippen molar-refractivity contribution in [3.05, 3.63) is 59.5 Å². The van der Waals surface area contributed by atoms with Crippen LogP contribution in [-0.2, 0) is 0 Å². The van der Waals surface area contributed by atoms with E-state index in [0.717, 1.165) is 22.3 Å². The molecule has 20 heavy (non-hydrogen) atoms. The smallest absolute Gasteiger partial charge is 0.125 e. The Bertz CT molecular complexity index is 818. The van der Waals surface area contributed by atoms with Crippen molar-refractivity contribution in [1.82, 2.24) is 4.57 Å². The lowest BCUT2D eigenvalue weighted by molar-refractivity contribution is 0.626. The number of benzene rings is 2. The monoisotopic (exact) mass is 267 g/mol. The zero-order valence-electron chi connectivity index (χ0n) is 11.0. The van der Waals surface area contributed by atoms with Crippen LogP contribution in [0.25, 0.3) is 16.6 Å². The first-order valence-electron chi connectivity index (χ1n) is 6.28. The molecule has 3 N–H and O–H groups in total. The van der Waals surface area contributed by atoms with Crippen molar-refractivity contribution in [2.45, 2.75) is 6.92 Å². The Morgan fingerprint density at radius 3 is 2.70 bits per heavy atom. The molecule has 0 amide bonds. The number of nitrogen functional groups attached to an aromatic ring is 1. The molecule has 0 unspecified atom stereocenters. The molecule has 0 saturated carbocycles. The topological polar surface area (TPSA) is 54.8 Å². The Morgan fingerprint density at radius 2 is 2.00 bits per heavy atom. The van der Waals surface area contributed by atoms with Crippen LogP contribution in [0.4, 0.5) is 10.1 Å². The first-order chi connectivity index (χ1) is 9.60. The Hall–Kier alpha value is -2.62. The van der Waals surface area contributed by atoms with Crippen molar-refractivity contribution in [2.24, 2.45) is 0 Å². The highest BCUT2D eigenvalue weighted by atomic mass is 19.1. The molecule has 1 aromatic heterocycles. The third kappa shape index (κ3) is 1.86. The van der Waals surface area contributed by atoms with Gasteiger partial charge in [0.1, 0.15) is 5.82 Å². The van der Waals surface area contributed by atoms with E-state index < -0.39 is 0 Å². The highest BCUT2D eigenvalue weighted by molar-refractivity contribution is 5.95. The third-order valence-corrected chi connectivity index (χ3v) is 3.41. The molecule has 3 nitrogen and oxygen atoms in total. The van der Waals surface area contributed by atoms with Crippen molar-refractivity contribution in [2.75, 3.05) is 5.73 Å². The minimum absolute atomic E-state index is 0.272. The van der Waals surface area contributed by atoms with E-state index in [1.165, 1.54) is 18.3 Å². The van der Waals surface area contributed by atoms with Crippen LogP contribution in [0.15, 0.2) is 42.5 Å². The molecule has 4 heteroatoms. The van der Waals surface area contributed by atoms with Crippen LogP contribution in [0.2, 0.25) is 0 Å². The molecule has 0 bridgehead atoms. The van der Waals surface area contributed by atoms with Crippen LogP contribution in [0.1, 0.15) is 11.3 Å². The van der Waals surface area contributed by atoms with Crippen LogP contribution in [0, 0.1) is 18.2 Å². The molecule has 0 saturated heterocycles. The number of fused-ring (bicyclic) bond motifs is 1. The summed E-state index contributed by atoms with van der Waals surface area (Å²) in [6.07, 6.45) is 1.23. The van der Waals surface area contributed by atoms with Crippen LogP contribution >= 0.6 is 0 Å². The number of rotatable bonds is 2. The molecule has 2 aromatic carbocycles. The van der Waals surface area contributed by atoms with E-state index in [-0.39, 0.29) is 5.82 Å². The summed E-state index contributed by atoms with van der Waals surface area (Å²) in [5.74, 6) is -0.272. The second kappa shape index (κ2) is 4.49. The summed E-state index contributed by atoms with van der Waals surface area (Å²) in [6, 6.07) is 12.2. The van der Waals surface area contributed by atoms with Crippen molar-refractivity contribution < 1.29 is 4.39 Å². The number of hydrogen-bond donors (Lipinski definition) is 2. The minimum atomic E-state index is -0.272. The van der Waals surface area contributed by atoms with Crippen LogP contribution in [0.5, 0.6) is 0 Å². The molecule has 0 atom stereocenters. The summed E-state index contributed by atoms with van der Waals surface area (Å²) >= 11 is 0. The predicted molar refractivity (Wildman–Crippen MR) is 80.3 cm³/mol. The number of halogens is 1. The second-order valence-electron chi connectivity index (χ2n) is 4.79. The van der Waals surface area contributed by atoms with E-state index in [0.29, 0.717) is 11.3 Å². The molecule has 3 rings (SSSR count). The number of nitrogens with one attached hydrogen (secondary N) is 1. The number of aromatic nitrogens is 1. The zero-order valence-corrected chi connectivity index (χ0v) is 11.0. The normalized spacial score (nSPS) is 10.9. The number of anilines is 1. The average molecular weight is 267 g/mol. The molecule has 0 aliphatic heterocycles. The number of nitrogens with zero attached hydrogens (tertiary/aromatic N) is 1. The van der Waals surface area contributed by atoms with Crippen molar-refractivity contribution in [1.29, 1.82) is 5.41 Å². The maximum atomic E-state index is 13.4. The number of nitrogens with two attached hydrogens (primary N) is 1. The van der Waals surface area contributed by atoms with Crippen LogP contribution in [0.3, 0.4) is 0 Å². The van der Waals surface area contributed by atoms with E-state index >= 15 is 0 Å². The summed E-state index contributed by atoms with van der Waals surface area (Å²) in [5, 5.41) is 8.38. The minimum Gasteiger partial charge on any atom is -0.398 e. The van der Waals surface area contributed by atoms with Gasteiger partial charge < -0.3 is 15.7 Å². The SMILES string of the molecule is Cc1cc2cc(N)c(C=N)cc2n1-c1cccc(F)c1. The quantitative estimate of drug-likeness (QED) is 0.540. The Balaban J connectivity index is 2.35. The lowest BCUT2D eigenvalue weighted by atomic mass is 10.1. The molecule has 0 aliphatic rings. The van der Waals surface area contributed by atoms with Gasteiger partial charge in [0.15, 0.2) is 0 Å². The summed E-state index contributed by atoms with van der Waals surface area (Å²) in [4.78, 5) is 0. The zero-order chi connectivity index (χ0) is 14.3. The Kier molecular flexibility index (Phi) is 2.79. The van der Waals surface area contributed by atoms with Gasteiger partial charge in [0.2, 0.25) is 0 Å². The molecule has 0 radical (unpaired) electrons. The fourth-order valence-electron chi connectivity index (χ4n) is 2.51. The van der Waals surface area contributed by atoms with Gasteiger partial charge in [0, 0.05) is 34.2 Å². The maximum absolute atomic E-state index is 13.4. The Labute approximate surface area is 116 Å². The van der Waals surface area contributed by atoms with Gasteiger partial charge in [-0.15, -0.1) is 0 Å². The third-order valence-electron chi connectivity index (χ3n) is 3.41. The van der Waals surface area contributed by atoms with Gasteiger partial charge in [-0.2, -0.15) is 0 Å². The standard InChI is InChI=1S/C16H14FN3/c1-10-5-11-6-15(19)12(9-18)7-16(11)20(10)14-4-2-3-13(17)8-14/h2-9,18H,19H2,1H3. The van der Waals surface area contributed by atoms with Crippen molar-refractivity contribution in [3.8, 4) is 5.69 Å². The maximum Gasteiger partial charge on any atom is 0.125 e. The largest absolute Gasteiger partial charge is 0.398 e. The molecule has 0 spiro atoms. The number of aryl methyl sites for hydroxylation is 1. The summed E-state index contributed by atoms with van der Waals surface area (Å²) in [6.45, 7) is 1.96. The molecular formula is C16H14FN3. The highest BCUT2D eigenvalue weighted by Gasteiger charge is 2.10. The molecule has 0 fully saturated rings. The van der Waals surface area contributed by atoms with Gasteiger partial charge in [0.05, 0.1) is 5.52 Å². The van der Waals surface area contributed by atoms with E-state index in [1.807, 2.05) is 35.8 Å². The fraction of sp³-hybridized carbons (Fsp3) is 0.0625. The van der Waals surface area contributed by atoms with Crippen molar-refractivity contribution in [3.63, 3.8) is 0 Å². The van der Waals surface area contributed by atoms with Gasteiger partial charge in [-0.05, 0) is 43.3 Å². The fourth-order valence-corrected chi connectivity index (χ4v) is 2.51. The van der Waals surface area contributed by atoms with Gasteiger partial charge in [0.25, 0.3) is 0 Å². The number of hydrogen-bond acceptors (Lipinski definition) is 2. The van der Waals surface area contributed by atoms with Crippen LogP contribution in [-0.4, -0.2) is 10.8 Å². The Morgan fingerprint density at radius 1 is 1.20 bits per heavy atom. The van der Waals surface area contributed by atoms with Gasteiger partial charge in [-0.1, -0.05) is 6.07 Å². The predicted octanol–water partition coefficient (Wildman–Crippen LogP) is 3.66. The molecule has 3 aromatic rings. The lowest BCUT2D eigenvalue weighted by Crippen LogP contribution is -1.98.